The molecule has 0 unspecified atom stereocenters. The van der Waals surface area contributed by atoms with Gasteiger partial charge in [-0.15, -0.1) is 0 Å². The predicted molar refractivity (Wildman–Crippen MR) is 78.4 cm³/mol. The van der Waals surface area contributed by atoms with E-state index in [9.17, 15) is 8.78 Å². The number of fused-ring (bicyclic) bond motifs is 1. The van der Waals surface area contributed by atoms with Crippen molar-refractivity contribution in [2.75, 3.05) is 20.7 Å². The molecule has 0 aliphatic carbocycles. The largest absolute Gasteiger partial charge is 1.00 e. The van der Waals surface area contributed by atoms with Crippen LogP contribution < -0.4 is 56.1 Å². The first kappa shape index (κ1) is 20.9. The second-order valence-electron chi connectivity index (χ2n) is 4.09. The molecule has 0 aliphatic heterocycles. The third-order valence-electron chi connectivity index (χ3n) is 2.74. The van der Waals surface area contributed by atoms with Gasteiger partial charge in [0, 0.05) is 0 Å². The number of benzene rings is 1. The third kappa shape index (κ3) is 5.54. The summed E-state index contributed by atoms with van der Waals surface area (Å²) in [6.07, 6.45) is -1.62. The van der Waals surface area contributed by atoms with Crippen molar-refractivity contribution in [3.63, 3.8) is 0 Å². The number of aromatic amines is 1. The van der Waals surface area contributed by atoms with Gasteiger partial charge in [0.2, 0.25) is 6.43 Å². The summed E-state index contributed by atoms with van der Waals surface area (Å²) in [7, 11) is 3.30. The van der Waals surface area contributed by atoms with Crippen molar-refractivity contribution in [2.45, 2.75) is 12.8 Å². The molecule has 0 amide bonds. The molecule has 1 aromatic heterocycles. The van der Waals surface area contributed by atoms with Crippen LogP contribution in [0.25, 0.3) is 16.2 Å². The minimum atomic E-state index is -2.55. The van der Waals surface area contributed by atoms with E-state index < -0.39 is 6.43 Å². The summed E-state index contributed by atoms with van der Waals surface area (Å²) in [6.45, 7) is 8.13. The van der Waals surface area contributed by atoms with E-state index >= 15 is 0 Å². The minimum Gasteiger partial charge on any atom is -0.667 e. The quantitative estimate of drug-likeness (QED) is 0.673. The van der Waals surface area contributed by atoms with E-state index in [4.69, 9.17) is 4.74 Å². The Kier molecular flexibility index (Phi) is 10.5. The van der Waals surface area contributed by atoms with Crippen molar-refractivity contribution in [1.82, 2.24) is 4.98 Å². The van der Waals surface area contributed by atoms with Gasteiger partial charge in [-0.2, -0.15) is 26.1 Å². The minimum absolute atomic E-state index is 0. The van der Waals surface area contributed by atoms with Gasteiger partial charge in [0.1, 0.15) is 0 Å². The van der Waals surface area contributed by atoms with Gasteiger partial charge in [0.05, 0.1) is 12.9 Å². The van der Waals surface area contributed by atoms with Gasteiger partial charge in [-0.1, -0.05) is 17.5 Å². The van der Waals surface area contributed by atoms with E-state index in [2.05, 4.69) is 24.1 Å². The van der Waals surface area contributed by atoms with Crippen LogP contribution in [0.4, 0.5) is 8.78 Å². The van der Waals surface area contributed by atoms with Crippen LogP contribution >= 0.6 is 0 Å². The number of ether oxygens (including phenoxy) is 1. The molecule has 1 aromatic carbocycles. The average Bonchev–Trinajstić information content (AvgIpc) is 2.78. The molecule has 112 valence electrons. The van der Waals surface area contributed by atoms with Crippen LogP contribution in [0.2, 0.25) is 0 Å². The number of nitrogens with zero attached hydrogens (tertiary/aromatic N) is 1. The fourth-order valence-corrected chi connectivity index (χ4v) is 1.82. The number of nitrogens with one attached hydrogen (secondary N) is 1. The number of H-pyrrole nitrogens is 1. The van der Waals surface area contributed by atoms with E-state index in [1.807, 2.05) is 0 Å². The number of alkyl halides is 2. The van der Waals surface area contributed by atoms with Crippen LogP contribution in [0, 0.1) is 13.8 Å². The molecular formula is C15H19F2KN2O-2. The van der Waals surface area contributed by atoms with E-state index in [0.717, 1.165) is 13.0 Å². The Labute approximate surface area is 167 Å². The first-order chi connectivity index (χ1) is 9.56. The van der Waals surface area contributed by atoms with Crippen molar-refractivity contribution < 1.29 is 64.9 Å². The van der Waals surface area contributed by atoms with Crippen molar-refractivity contribution >= 4 is 10.9 Å². The Hall–Kier alpha value is -0.114. The number of halogens is 2. The molecule has 1 N–H and O–H groups in total. The molecule has 0 spiro atoms. The van der Waals surface area contributed by atoms with Gasteiger partial charge in [-0.05, 0) is 17.3 Å². The molecule has 3 nitrogen and oxygen atoms in total. The number of hydrogen-bond donors (Lipinski definition) is 1. The molecule has 0 saturated carbocycles. The fourth-order valence-electron chi connectivity index (χ4n) is 1.82. The second-order valence-corrected chi connectivity index (χ2v) is 4.09. The fraction of sp³-hybridized carbons (Fsp3) is 0.333. The standard InChI is InChI=1S/C11H10F2NO.C4H9N.K/c1-6-9-7(14-10(6)11(12)13)4-3-5-8(9)15-2;1-3-4-5-2;/h3-5,11,14H,1H2,2H3;1,3-4H2,2H3;/q-1;-2;+1. The van der Waals surface area contributed by atoms with Gasteiger partial charge < -0.3 is 22.0 Å². The Balaban J connectivity index is 0.000000583. The number of hydrogen-bond acceptors (Lipinski definition) is 1. The van der Waals surface area contributed by atoms with Crippen molar-refractivity contribution in [3.8, 4) is 5.75 Å². The normalized spacial score (nSPS) is 10.0. The average molecular weight is 320 g/mol. The van der Waals surface area contributed by atoms with Crippen LogP contribution in [-0.4, -0.2) is 25.7 Å². The molecule has 6 heteroatoms. The van der Waals surface area contributed by atoms with E-state index in [1.165, 1.54) is 7.11 Å². The number of rotatable bonds is 4. The van der Waals surface area contributed by atoms with Gasteiger partial charge in [0.15, 0.2) is 0 Å². The predicted octanol–water partition coefficient (Wildman–Crippen LogP) is 1.51. The van der Waals surface area contributed by atoms with Gasteiger partial charge >= 0.3 is 51.4 Å². The first-order valence-corrected chi connectivity index (χ1v) is 6.20. The maximum absolute atomic E-state index is 12.6. The zero-order valence-corrected chi connectivity index (χ0v) is 15.9. The number of methoxy groups -OCH3 is 1. The van der Waals surface area contributed by atoms with Crippen molar-refractivity contribution in [1.29, 1.82) is 0 Å². The smallest absolute Gasteiger partial charge is 0.667 e. The summed E-state index contributed by atoms with van der Waals surface area (Å²) in [4.78, 5) is 2.65. The summed E-state index contributed by atoms with van der Waals surface area (Å²) in [5.74, 6) is 0.556. The second kappa shape index (κ2) is 10.6. The summed E-state index contributed by atoms with van der Waals surface area (Å²) in [5.41, 5.74) is 0.779. The summed E-state index contributed by atoms with van der Waals surface area (Å²) in [5, 5.41) is 4.41. The first-order valence-electron chi connectivity index (χ1n) is 6.20. The van der Waals surface area contributed by atoms with Crippen LogP contribution in [-0.2, 0) is 0 Å². The van der Waals surface area contributed by atoms with Crippen molar-refractivity contribution in [2.24, 2.45) is 0 Å². The summed E-state index contributed by atoms with van der Waals surface area (Å²) < 4.78 is 30.3. The Morgan fingerprint density at radius 2 is 2.05 bits per heavy atom. The Morgan fingerprint density at radius 1 is 1.38 bits per heavy atom. The van der Waals surface area contributed by atoms with E-state index in [-0.39, 0.29) is 57.1 Å². The van der Waals surface area contributed by atoms with E-state index in [0.29, 0.717) is 22.2 Å². The summed E-state index contributed by atoms with van der Waals surface area (Å²) >= 11 is 0. The SMILES string of the molecule is [CH2-]CC[N-]C.[CH2-]c1c(C(F)F)[nH]c2cccc(OC)c12.[K+]. The molecule has 0 saturated heterocycles. The zero-order valence-electron chi connectivity index (χ0n) is 12.7. The third-order valence-corrected chi connectivity index (χ3v) is 2.74. The van der Waals surface area contributed by atoms with Gasteiger partial charge in [-0.3, -0.25) is 0 Å². The molecule has 0 bridgehead atoms. The Morgan fingerprint density at radius 3 is 2.48 bits per heavy atom. The monoisotopic (exact) mass is 320 g/mol. The van der Waals surface area contributed by atoms with Crippen LogP contribution in [0.15, 0.2) is 18.2 Å². The van der Waals surface area contributed by atoms with E-state index in [1.54, 1.807) is 25.2 Å². The van der Waals surface area contributed by atoms with Crippen LogP contribution in [0.1, 0.15) is 24.1 Å². The van der Waals surface area contributed by atoms with Crippen LogP contribution in [0.3, 0.4) is 0 Å². The topological polar surface area (TPSA) is 39.1 Å². The van der Waals surface area contributed by atoms with Gasteiger partial charge in [0.25, 0.3) is 0 Å². The molecule has 0 aliphatic rings. The molecule has 2 aromatic rings. The van der Waals surface area contributed by atoms with Crippen molar-refractivity contribution in [3.05, 3.63) is 48.6 Å². The summed E-state index contributed by atoms with van der Waals surface area (Å²) in [6, 6.07) is 5.19. The molecule has 0 atom stereocenters. The molecule has 1 heterocycles. The molecular weight excluding hydrogens is 301 g/mol. The molecule has 0 fully saturated rings. The maximum atomic E-state index is 12.6. The van der Waals surface area contributed by atoms with Gasteiger partial charge in [-0.25, -0.2) is 15.2 Å². The zero-order chi connectivity index (χ0) is 15.1. The molecule has 0 radical (unpaired) electrons. The van der Waals surface area contributed by atoms with Crippen LogP contribution in [0.5, 0.6) is 5.75 Å². The number of aromatic nitrogens is 1. The Bertz CT molecular complexity index is 542. The molecule has 21 heavy (non-hydrogen) atoms. The molecule has 2 rings (SSSR count). The maximum Gasteiger partial charge on any atom is 1.00 e.